The summed E-state index contributed by atoms with van der Waals surface area (Å²) in [4.78, 5) is 11.1. The number of urea groups is 1. The molecule has 0 saturated carbocycles. The van der Waals surface area contributed by atoms with E-state index in [0.29, 0.717) is 40.4 Å². The van der Waals surface area contributed by atoms with Crippen LogP contribution in [0, 0.1) is 11.3 Å². The summed E-state index contributed by atoms with van der Waals surface area (Å²) in [6.07, 6.45) is 5.43. The molecule has 7 heteroatoms. The highest BCUT2D eigenvalue weighted by atomic mass is 19.1. The van der Waals surface area contributed by atoms with Crippen molar-refractivity contribution in [2.45, 2.75) is 48.5 Å². The molecule has 0 saturated heterocycles. The number of ether oxygens (including phenoxy) is 1. The largest absolute Gasteiger partial charge is 0.496 e. The second-order valence-electron chi connectivity index (χ2n) is 7.08. The minimum absolute atomic E-state index is 0.199. The lowest BCUT2D eigenvalue weighted by Crippen LogP contribution is -2.38. The maximum atomic E-state index is 14.3. The molecule has 0 atom stereocenters. The molecule has 3 N–H and O–H groups in total. The fraction of sp³-hybridized carbons (Fsp3) is 0.357. The predicted octanol–water partition coefficient (Wildman–Crippen LogP) is 6.72. The number of amides is 2. The molecule has 35 heavy (non-hydrogen) atoms. The lowest BCUT2D eigenvalue weighted by Gasteiger charge is -2.13. The zero-order valence-electron chi connectivity index (χ0n) is 22.6. The van der Waals surface area contributed by atoms with Crippen LogP contribution in [0.4, 0.5) is 9.18 Å². The number of hydrogen-bond donors (Lipinski definition) is 3. The maximum absolute atomic E-state index is 14.3. The van der Waals surface area contributed by atoms with E-state index in [-0.39, 0.29) is 6.03 Å². The molecule has 0 fully saturated rings. The molecule has 0 radical (unpaired) electrons. The minimum atomic E-state index is -0.440. The Morgan fingerprint density at radius 3 is 2.29 bits per heavy atom. The molecule has 1 aromatic carbocycles. The highest BCUT2D eigenvalue weighted by molar-refractivity contribution is 5.81. The van der Waals surface area contributed by atoms with Crippen molar-refractivity contribution in [3.05, 3.63) is 88.8 Å². The molecule has 0 bridgehead atoms. The second kappa shape index (κ2) is 19.7. The van der Waals surface area contributed by atoms with Crippen molar-refractivity contribution in [3.8, 4) is 6.07 Å². The summed E-state index contributed by atoms with van der Waals surface area (Å²) >= 11 is 0. The number of nitrogens with one attached hydrogen (secondary N) is 3. The van der Waals surface area contributed by atoms with Crippen LogP contribution in [0.15, 0.2) is 77.6 Å². The summed E-state index contributed by atoms with van der Waals surface area (Å²) in [6, 6.07) is 8.58. The monoisotopic (exact) mass is 484 g/mol. The standard InChI is InChI=1S/C16H16FNO.C10H19N3O.C2H6/c1-5-14(19-4)15(16(17)11(2)3)13-8-6-7-12(9-13)10-18;1-5-12-10(14)13-9(11-4)7-6-8(2)3;1-2/h5-9H,2H2,1,3-4H3;6-7,11H,5H2,1-4H3,(H2,12,13,14);1-2H3/b14-5+,16-15+;9-7+;. The summed E-state index contributed by atoms with van der Waals surface area (Å²) in [5.74, 6) is 0.651. The van der Waals surface area contributed by atoms with Crippen LogP contribution in [-0.2, 0) is 4.74 Å². The van der Waals surface area contributed by atoms with Gasteiger partial charge in [0.25, 0.3) is 0 Å². The number of rotatable bonds is 8. The Bertz CT molecular complexity index is 979. The van der Waals surface area contributed by atoms with E-state index in [9.17, 15) is 9.18 Å². The average molecular weight is 485 g/mol. The van der Waals surface area contributed by atoms with Gasteiger partial charge in [0.05, 0.1) is 24.3 Å². The number of allylic oxidation sites excluding steroid dienone is 7. The molecule has 0 aliphatic carbocycles. The number of benzene rings is 1. The van der Waals surface area contributed by atoms with Gasteiger partial charge in [-0.05, 0) is 70.0 Å². The highest BCUT2D eigenvalue weighted by Crippen LogP contribution is 2.31. The summed E-state index contributed by atoms with van der Waals surface area (Å²) in [7, 11) is 3.24. The Balaban J connectivity index is 0. The van der Waals surface area contributed by atoms with E-state index in [1.54, 1.807) is 51.2 Å². The van der Waals surface area contributed by atoms with Gasteiger partial charge in [-0.25, -0.2) is 9.18 Å². The van der Waals surface area contributed by atoms with Crippen molar-refractivity contribution in [2.75, 3.05) is 20.7 Å². The Kier molecular flexibility index (Phi) is 18.8. The summed E-state index contributed by atoms with van der Waals surface area (Å²) in [5.41, 5.74) is 2.87. The zero-order chi connectivity index (χ0) is 27.4. The van der Waals surface area contributed by atoms with Crippen LogP contribution in [0.25, 0.3) is 5.57 Å². The summed E-state index contributed by atoms with van der Waals surface area (Å²) < 4.78 is 19.5. The molecule has 0 spiro atoms. The first-order valence-corrected chi connectivity index (χ1v) is 11.5. The van der Waals surface area contributed by atoms with Gasteiger partial charge < -0.3 is 15.4 Å². The van der Waals surface area contributed by atoms with E-state index in [1.807, 2.05) is 52.8 Å². The fourth-order valence-electron chi connectivity index (χ4n) is 2.46. The van der Waals surface area contributed by atoms with Gasteiger partial charge in [0.1, 0.15) is 17.4 Å². The molecule has 6 nitrogen and oxygen atoms in total. The molecule has 0 aliphatic rings. The van der Waals surface area contributed by atoms with Gasteiger partial charge in [0.15, 0.2) is 0 Å². The smallest absolute Gasteiger partial charge is 0.320 e. The van der Waals surface area contributed by atoms with E-state index in [4.69, 9.17) is 10.00 Å². The Labute approximate surface area is 211 Å². The Morgan fingerprint density at radius 2 is 1.86 bits per heavy atom. The van der Waals surface area contributed by atoms with Crippen LogP contribution in [0.1, 0.15) is 59.6 Å². The van der Waals surface area contributed by atoms with Crippen LogP contribution in [0.2, 0.25) is 0 Å². The number of carbonyl (C=O) groups excluding carboxylic acids is 1. The van der Waals surface area contributed by atoms with E-state index < -0.39 is 5.83 Å². The van der Waals surface area contributed by atoms with E-state index >= 15 is 0 Å². The first-order valence-electron chi connectivity index (χ1n) is 11.5. The predicted molar refractivity (Wildman–Crippen MR) is 145 cm³/mol. The van der Waals surface area contributed by atoms with Gasteiger partial charge in [-0.2, -0.15) is 5.26 Å². The SMILES string of the molecule is C=C(C)/C(F)=C(\C(=C/C)OC)c1cccc(C#N)c1.CC.CCNC(=O)N/C(=C/C=C(C)C)NC. The molecule has 1 rings (SSSR count). The quantitative estimate of drug-likeness (QED) is 0.282. The van der Waals surface area contributed by atoms with Crippen LogP contribution >= 0.6 is 0 Å². The molecular weight excluding hydrogens is 443 g/mol. The van der Waals surface area contributed by atoms with Gasteiger partial charge in [-0.15, -0.1) is 0 Å². The second-order valence-corrected chi connectivity index (χ2v) is 7.08. The molecule has 192 valence electrons. The van der Waals surface area contributed by atoms with Gasteiger partial charge in [-0.3, -0.25) is 5.32 Å². The average Bonchev–Trinajstić information content (AvgIpc) is 2.86. The van der Waals surface area contributed by atoms with Gasteiger partial charge in [-0.1, -0.05) is 44.2 Å². The number of halogens is 1. The molecule has 1 aromatic rings. The van der Waals surface area contributed by atoms with E-state index in [0.717, 1.165) is 0 Å². The van der Waals surface area contributed by atoms with Crippen LogP contribution in [-0.4, -0.2) is 26.7 Å². The van der Waals surface area contributed by atoms with Crippen LogP contribution in [0.5, 0.6) is 0 Å². The van der Waals surface area contributed by atoms with Crippen LogP contribution in [0.3, 0.4) is 0 Å². The molecule has 0 aromatic heterocycles. The van der Waals surface area contributed by atoms with Crippen molar-refractivity contribution in [1.82, 2.24) is 16.0 Å². The number of carbonyl (C=O) groups is 1. The topological polar surface area (TPSA) is 86.2 Å². The number of methoxy groups -OCH3 is 1. The number of nitrogens with zero attached hydrogens (tertiary/aromatic N) is 1. The Hall–Kier alpha value is -3.79. The third-order valence-electron chi connectivity index (χ3n) is 4.04. The van der Waals surface area contributed by atoms with Crippen molar-refractivity contribution in [1.29, 1.82) is 5.26 Å². The molecule has 0 aliphatic heterocycles. The maximum Gasteiger partial charge on any atom is 0.320 e. The van der Waals surface area contributed by atoms with E-state index in [1.165, 1.54) is 12.7 Å². The molecule has 0 unspecified atom stereocenters. The Morgan fingerprint density at radius 1 is 1.23 bits per heavy atom. The summed E-state index contributed by atoms with van der Waals surface area (Å²) in [5, 5.41) is 17.1. The third kappa shape index (κ3) is 13.5. The number of hydrogen-bond acceptors (Lipinski definition) is 4. The molecule has 2 amide bonds. The third-order valence-corrected chi connectivity index (χ3v) is 4.04. The first kappa shape index (κ1) is 33.4. The van der Waals surface area contributed by atoms with E-state index in [2.05, 4.69) is 22.5 Å². The van der Waals surface area contributed by atoms with Crippen molar-refractivity contribution in [2.24, 2.45) is 0 Å². The fourth-order valence-corrected chi connectivity index (χ4v) is 2.46. The van der Waals surface area contributed by atoms with Crippen molar-refractivity contribution in [3.63, 3.8) is 0 Å². The number of nitriles is 1. The van der Waals surface area contributed by atoms with Gasteiger partial charge in [0.2, 0.25) is 0 Å². The van der Waals surface area contributed by atoms with Crippen molar-refractivity contribution < 1.29 is 13.9 Å². The lowest BCUT2D eigenvalue weighted by molar-refractivity contribution is 0.243. The van der Waals surface area contributed by atoms with Gasteiger partial charge in [0, 0.05) is 13.6 Å². The molecular formula is C28H41FN4O2. The first-order chi connectivity index (χ1) is 16.6. The highest BCUT2D eigenvalue weighted by Gasteiger charge is 2.15. The minimum Gasteiger partial charge on any atom is -0.496 e. The zero-order valence-corrected chi connectivity index (χ0v) is 22.6. The van der Waals surface area contributed by atoms with Crippen LogP contribution < -0.4 is 16.0 Å². The normalized spacial score (nSPS) is 11.1. The lowest BCUT2D eigenvalue weighted by atomic mass is 9.99. The molecule has 0 heterocycles. The summed E-state index contributed by atoms with van der Waals surface area (Å²) in [6.45, 7) is 17.4. The van der Waals surface area contributed by atoms with Gasteiger partial charge >= 0.3 is 6.03 Å². The van der Waals surface area contributed by atoms with Crippen molar-refractivity contribution >= 4 is 11.6 Å².